The maximum atomic E-state index is 12.7. The van der Waals surface area contributed by atoms with Gasteiger partial charge in [-0.25, -0.2) is 0 Å². The van der Waals surface area contributed by atoms with Crippen LogP contribution in [0.15, 0.2) is 18.2 Å². The molecular weight excluding hydrogens is 316 g/mol. The van der Waals surface area contributed by atoms with Crippen molar-refractivity contribution in [3.8, 4) is 5.75 Å². The Balaban J connectivity index is 1.57. The molecule has 0 radical (unpaired) electrons. The number of nitrogens with zero attached hydrogens (tertiary/aromatic N) is 1. The van der Waals surface area contributed by atoms with Gasteiger partial charge in [-0.1, -0.05) is 0 Å². The number of hydrogen-bond donors (Lipinski definition) is 1. The van der Waals surface area contributed by atoms with Gasteiger partial charge >= 0.3 is 5.97 Å². The normalized spacial score (nSPS) is 32.5. The lowest BCUT2D eigenvalue weighted by atomic mass is 9.79. The highest BCUT2D eigenvalue weighted by atomic mass is 16.6. The molecule has 1 aromatic rings. The fourth-order valence-electron chi connectivity index (χ4n) is 4.48. The minimum atomic E-state index is -0.529. The topological polar surface area (TPSA) is 108 Å². The number of nitro groups is 1. The van der Waals surface area contributed by atoms with Gasteiger partial charge in [-0.15, -0.1) is 0 Å². The molecule has 126 valence electrons. The number of carbonyl (C=O) groups is 2. The Bertz CT molecular complexity index is 746. The molecule has 1 aliphatic heterocycles. The van der Waals surface area contributed by atoms with Gasteiger partial charge in [-0.2, -0.15) is 0 Å². The van der Waals surface area contributed by atoms with Crippen LogP contribution in [-0.2, 0) is 14.3 Å². The van der Waals surface area contributed by atoms with Gasteiger partial charge in [0.1, 0.15) is 11.9 Å². The third-order valence-electron chi connectivity index (χ3n) is 5.44. The molecule has 5 atom stereocenters. The minimum Gasteiger partial charge on any atom is -0.494 e. The zero-order valence-corrected chi connectivity index (χ0v) is 12.9. The molecule has 3 fully saturated rings. The number of nitro benzene ring substituents is 1. The SMILES string of the molecule is COc1cc([N+](=O)[O-])ccc1NC(=O)[C@@H]1[C@@H]2C[C@@H]3[C@H]1C(=O)O[C@H]3C2. The van der Waals surface area contributed by atoms with Gasteiger partial charge in [0.15, 0.2) is 0 Å². The number of methoxy groups -OCH3 is 1. The summed E-state index contributed by atoms with van der Waals surface area (Å²) in [7, 11) is 1.38. The van der Waals surface area contributed by atoms with E-state index in [2.05, 4.69) is 5.32 Å². The minimum absolute atomic E-state index is 0.0227. The van der Waals surface area contributed by atoms with Crippen LogP contribution in [-0.4, -0.2) is 30.0 Å². The van der Waals surface area contributed by atoms with Gasteiger partial charge in [-0.3, -0.25) is 19.7 Å². The number of esters is 1. The van der Waals surface area contributed by atoms with Crippen molar-refractivity contribution in [3.63, 3.8) is 0 Å². The number of non-ortho nitro benzene ring substituents is 1. The Morgan fingerprint density at radius 2 is 2.21 bits per heavy atom. The van der Waals surface area contributed by atoms with Crippen LogP contribution in [0, 0.1) is 33.8 Å². The maximum Gasteiger partial charge on any atom is 0.310 e. The molecule has 24 heavy (non-hydrogen) atoms. The number of ether oxygens (including phenoxy) is 2. The second kappa shape index (κ2) is 5.19. The van der Waals surface area contributed by atoms with E-state index in [1.165, 1.54) is 25.3 Å². The van der Waals surface area contributed by atoms with Gasteiger partial charge in [-0.05, 0) is 24.8 Å². The number of rotatable bonds is 4. The molecule has 1 saturated heterocycles. The summed E-state index contributed by atoms with van der Waals surface area (Å²) in [4.78, 5) is 35.0. The average Bonchev–Trinajstić information content (AvgIpc) is 3.16. The summed E-state index contributed by atoms with van der Waals surface area (Å²) in [6, 6.07) is 4.01. The van der Waals surface area contributed by atoms with Crippen molar-refractivity contribution in [2.45, 2.75) is 18.9 Å². The van der Waals surface area contributed by atoms with Crippen molar-refractivity contribution in [1.82, 2.24) is 0 Å². The first-order valence-electron chi connectivity index (χ1n) is 7.83. The number of hydrogen-bond acceptors (Lipinski definition) is 6. The lowest BCUT2D eigenvalue weighted by Gasteiger charge is -2.23. The summed E-state index contributed by atoms with van der Waals surface area (Å²) in [6.07, 6.45) is 1.56. The summed E-state index contributed by atoms with van der Waals surface area (Å²) in [5, 5.41) is 13.6. The molecule has 0 aromatic heterocycles. The summed E-state index contributed by atoms with van der Waals surface area (Å²) in [5.41, 5.74) is 0.241. The number of nitrogens with one attached hydrogen (secondary N) is 1. The first-order chi connectivity index (χ1) is 11.5. The van der Waals surface area contributed by atoms with E-state index in [9.17, 15) is 19.7 Å². The van der Waals surface area contributed by atoms with E-state index in [-0.39, 0.29) is 47.2 Å². The predicted molar refractivity (Wildman–Crippen MR) is 81.4 cm³/mol. The lowest BCUT2D eigenvalue weighted by molar-refractivity contribution is -0.384. The number of anilines is 1. The van der Waals surface area contributed by atoms with Crippen LogP contribution in [0.5, 0.6) is 5.75 Å². The van der Waals surface area contributed by atoms with Crippen LogP contribution < -0.4 is 10.1 Å². The van der Waals surface area contributed by atoms with E-state index in [1.807, 2.05) is 0 Å². The molecule has 1 aromatic carbocycles. The third kappa shape index (κ3) is 2.05. The van der Waals surface area contributed by atoms with Crippen LogP contribution in [0.3, 0.4) is 0 Å². The number of amides is 1. The Morgan fingerprint density at radius 1 is 1.42 bits per heavy atom. The molecule has 1 amide bonds. The van der Waals surface area contributed by atoms with E-state index in [1.54, 1.807) is 0 Å². The summed E-state index contributed by atoms with van der Waals surface area (Å²) in [6.45, 7) is 0. The number of carbonyl (C=O) groups excluding carboxylic acids is 2. The highest BCUT2D eigenvalue weighted by Gasteiger charge is 2.63. The Labute approximate surface area is 137 Å². The molecule has 0 unspecified atom stereocenters. The monoisotopic (exact) mass is 332 g/mol. The largest absolute Gasteiger partial charge is 0.494 e. The van der Waals surface area contributed by atoms with E-state index < -0.39 is 10.8 Å². The van der Waals surface area contributed by atoms with Crippen molar-refractivity contribution >= 4 is 23.3 Å². The summed E-state index contributed by atoms with van der Waals surface area (Å²) >= 11 is 0. The zero-order chi connectivity index (χ0) is 17.0. The average molecular weight is 332 g/mol. The molecule has 1 heterocycles. The number of benzene rings is 1. The molecule has 2 bridgehead atoms. The maximum absolute atomic E-state index is 12.7. The van der Waals surface area contributed by atoms with Gasteiger partial charge < -0.3 is 14.8 Å². The fraction of sp³-hybridized carbons (Fsp3) is 0.500. The molecule has 1 N–H and O–H groups in total. The van der Waals surface area contributed by atoms with E-state index in [4.69, 9.17) is 9.47 Å². The fourth-order valence-corrected chi connectivity index (χ4v) is 4.48. The van der Waals surface area contributed by atoms with Gasteiger partial charge in [0.2, 0.25) is 5.91 Å². The Morgan fingerprint density at radius 3 is 2.92 bits per heavy atom. The van der Waals surface area contributed by atoms with Crippen molar-refractivity contribution in [2.24, 2.45) is 23.7 Å². The second-order valence-corrected chi connectivity index (χ2v) is 6.55. The highest BCUT2D eigenvalue weighted by Crippen LogP contribution is 2.57. The number of fused-ring (bicyclic) bond motifs is 1. The first kappa shape index (κ1) is 14.9. The lowest BCUT2D eigenvalue weighted by Crippen LogP contribution is -2.35. The molecule has 8 heteroatoms. The summed E-state index contributed by atoms with van der Waals surface area (Å²) < 4.78 is 10.5. The molecule has 8 nitrogen and oxygen atoms in total. The highest BCUT2D eigenvalue weighted by molar-refractivity contribution is 5.98. The summed E-state index contributed by atoms with van der Waals surface area (Å²) in [5.74, 6) is -0.776. The predicted octanol–water partition coefficient (Wildman–Crippen LogP) is 1.74. The Hall–Kier alpha value is -2.64. The molecular formula is C16H16N2O6. The van der Waals surface area contributed by atoms with Crippen molar-refractivity contribution in [3.05, 3.63) is 28.3 Å². The smallest absolute Gasteiger partial charge is 0.310 e. The van der Waals surface area contributed by atoms with E-state index in [0.717, 1.165) is 12.8 Å². The molecule has 0 spiro atoms. The van der Waals surface area contributed by atoms with Crippen LogP contribution >= 0.6 is 0 Å². The van der Waals surface area contributed by atoms with Crippen LogP contribution in [0.1, 0.15) is 12.8 Å². The first-order valence-corrected chi connectivity index (χ1v) is 7.83. The molecule has 2 aliphatic carbocycles. The van der Waals surface area contributed by atoms with E-state index in [0.29, 0.717) is 5.69 Å². The molecule has 4 rings (SSSR count). The van der Waals surface area contributed by atoms with Crippen molar-refractivity contribution < 1.29 is 24.0 Å². The van der Waals surface area contributed by atoms with Crippen molar-refractivity contribution in [1.29, 1.82) is 0 Å². The van der Waals surface area contributed by atoms with Crippen LogP contribution in [0.4, 0.5) is 11.4 Å². The van der Waals surface area contributed by atoms with Gasteiger partial charge in [0, 0.05) is 12.0 Å². The van der Waals surface area contributed by atoms with Crippen LogP contribution in [0.25, 0.3) is 0 Å². The van der Waals surface area contributed by atoms with Gasteiger partial charge in [0.05, 0.1) is 35.6 Å². The molecule has 2 saturated carbocycles. The van der Waals surface area contributed by atoms with Gasteiger partial charge in [0.25, 0.3) is 5.69 Å². The molecule has 3 aliphatic rings. The quantitative estimate of drug-likeness (QED) is 0.511. The van der Waals surface area contributed by atoms with Crippen molar-refractivity contribution in [2.75, 3.05) is 12.4 Å². The standard InChI is InChI=1S/C16H16N2O6/c1-23-12-6-8(18(21)22)2-3-10(12)17-15(19)13-7-4-9-11(5-7)24-16(20)14(9)13/h2-3,6-7,9,11,13-14H,4-5H2,1H3,(H,17,19)/t7-,9+,11+,13-,14-/m1/s1. The Kier molecular flexibility index (Phi) is 3.22. The third-order valence-corrected chi connectivity index (χ3v) is 5.44. The van der Waals surface area contributed by atoms with E-state index >= 15 is 0 Å². The second-order valence-electron chi connectivity index (χ2n) is 6.55. The zero-order valence-electron chi connectivity index (χ0n) is 12.9. The van der Waals surface area contributed by atoms with Crippen LogP contribution in [0.2, 0.25) is 0 Å².